The van der Waals surface area contributed by atoms with Crippen LogP contribution in [0.5, 0.6) is 0 Å². The van der Waals surface area contributed by atoms with Gasteiger partial charge in [0.1, 0.15) is 5.65 Å². The maximum Gasteiger partial charge on any atom is 0.255 e. The summed E-state index contributed by atoms with van der Waals surface area (Å²) in [6.07, 6.45) is 21.5. The third kappa shape index (κ3) is 4.97. The summed E-state index contributed by atoms with van der Waals surface area (Å²) in [4.78, 5) is 21.1. The highest BCUT2D eigenvalue weighted by Crippen LogP contribution is 2.31. The molecule has 4 heterocycles. The fourth-order valence-electron chi connectivity index (χ4n) is 5.11. The van der Waals surface area contributed by atoms with Gasteiger partial charge >= 0.3 is 0 Å². The maximum atomic E-state index is 13.2. The molecule has 0 aromatic carbocycles. The lowest BCUT2D eigenvalue weighted by atomic mass is 10.0. The molecule has 7 nitrogen and oxygen atoms in total. The van der Waals surface area contributed by atoms with E-state index in [0.29, 0.717) is 12.1 Å². The number of carbonyl (C=O) groups is 1. The number of aromatic amines is 1. The number of carbonyl (C=O) groups excluding carboxylic acids is 1. The number of allylic oxidation sites excluding steroid dienone is 3. The molecule has 4 aromatic heterocycles. The van der Waals surface area contributed by atoms with E-state index in [-0.39, 0.29) is 11.9 Å². The van der Waals surface area contributed by atoms with Crippen molar-refractivity contribution in [2.75, 3.05) is 6.54 Å². The van der Waals surface area contributed by atoms with Crippen LogP contribution < -0.4 is 11.1 Å². The summed E-state index contributed by atoms with van der Waals surface area (Å²) in [5, 5.41) is 8.72. The topological polar surface area (TPSA) is 101 Å². The number of nitrogens with one attached hydrogen (secondary N) is 2. The Hall–Kier alpha value is -3.71. The molecule has 0 bridgehead atoms. The van der Waals surface area contributed by atoms with E-state index < -0.39 is 0 Å². The highest BCUT2D eigenvalue weighted by Gasteiger charge is 2.19. The minimum absolute atomic E-state index is 0.0436. The van der Waals surface area contributed by atoms with Crippen LogP contribution in [0.1, 0.15) is 67.8 Å². The third-order valence-electron chi connectivity index (χ3n) is 6.99. The monoisotopic (exact) mass is 482 g/mol. The number of hydrogen-bond acceptors (Lipinski definition) is 4. The molecule has 186 valence electrons. The molecule has 1 amide bonds. The van der Waals surface area contributed by atoms with Crippen molar-refractivity contribution in [2.45, 2.75) is 57.9 Å². The second-order valence-corrected chi connectivity index (χ2v) is 9.49. The zero-order valence-corrected chi connectivity index (χ0v) is 20.8. The van der Waals surface area contributed by atoms with Crippen molar-refractivity contribution in [1.82, 2.24) is 24.9 Å². The Labute approximate surface area is 211 Å². The van der Waals surface area contributed by atoms with Gasteiger partial charge in [0.05, 0.1) is 17.3 Å². The van der Waals surface area contributed by atoms with Gasteiger partial charge in [-0.1, -0.05) is 50.8 Å². The average molecular weight is 483 g/mol. The summed E-state index contributed by atoms with van der Waals surface area (Å²) >= 11 is 0. The number of fused-ring (bicyclic) bond motifs is 2. The predicted octanol–water partition coefficient (Wildman–Crippen LogP) is 5.64. The third-order valence-corrected chi connectivity index (χ3v) is 6.99. The van der Waals surface area contributed by atoms with Gasteiger partial charge in [-0.15, -0.1) is 0 Å². The van der Waals surface area contributed by atoms with Gasteiger partial charge in [0.25, 0.3) is 5.91 Å². The number of nitrogens with zero attached hydrogens (tertiary/aromatic N) is 3. The van der Waals surface area contributed by atoms with Gasteiger partial charge in [-0.25, -0.2) is 9.50 Å². The Balaban J connectivity index is 1.49. The highest BCUT2D eigenvalue weighted by atomic mass is 16.1. The minimum atomic E-state index is -0.0436. The number of pyridine rings is 2. The Bertz CT molecular complexity index is 1420. The Morgan fingerprint density at radius 2 is 2.06 bits per heavy atom. The van der Waals surface area contributed by atoms with Crippen molar-refractivity contribution < 1.29 is 4.79 Å². The molecule has 1 saturated carbocycles. The van der Waals surface area contributed by atoms with Crippen LogP contribution in [0.15, 0.2) is 61.2 Å². The fraction of sp³-hybridized carbons (Fsp3) is 0.345. The number of nitrogens with two attached hydrogens (primary N) is 1. The van der Waals surface area contributed by atoms with Crippen LogP contribution in [0.3, 0.4) is 0 Å². The molecule has 0 aliphatic heterocycles. The van der Waals surface area contributed by atoms with E-state index in [1.165, 1.54) is 25.7 Å². The van der Waals surface area contributed by atoms with Gasteiger partial charge < -0.3 is 16.0 Å². The molecule has 0 atom stereocenters. The first-order chi connectivity index (χ1) is 17.7. The standard InChI is InChI=1S/C29H34N6O/c1-2-8-20(9-7-13-30)22-15-24-25(18-32-28(24)31-17-22)21-12-14-35-27(16-21)26(19-33-35)29(36)34-23-10-5-3-4-6-11-23/h7-9,12,14-19,23H,2-6,10-11,13,30H2,1H3,(H,31,32)(H,34,36)/b9-7-,20-8+. The Kier molecular flexibility index (Phi) is 7.28. The molecular formula is C29H34N6O. The van der Waals surface area contributed by atoms with E-state index in [1.807, 2.05) is 36.8 Å². The van der Waals surface area contributed by atoms with Crippen molar-refractivity contribution in [3.63, 3.8) is 0 Å². The molecule has 1 fully saturated rings. The average Bonchev–Trinajstić information content (AvgIpc) is 3.43. The fourth-order valence-corrected chi connectivity index (χ4v) is 5.11. The summed E-state index contributed by atoms with van der Waals surface area (Å²) in [5.41, 5.74) is 12.1. The quantitative estimate of drug-likeness (QED) is 0.234. The molecule has 1 aliphatic rings. The lowest BCUT2D eigenvalue weighted by molar-refractivity contribution is 0.0935. The highest BCUT2D eigenvalue weighted by molar-refractivity contribution is 6.02. The first-order valence-electron chi connectivity index (χ1n) is 13.0. The largest absolute Gasteiger partial charge is 0.349 e. The van der Waals surface area contributed by atoms with Crippen LogP contribution in [-0.2, 0) is 0 Å². The lowest BCUT2D eigenvalue weighted by Gasteiger charge is -2.15. The molecule has 4 aromatic rings. The van der Waals surface area contributed by atoms with Crippen LogP contribution in [-0.4, -0.2) is 38.1 Å². The van der Waals surface area contributed by atoms with Crippen molar-refractivity contribution in [1.29, 1.82) is 0 Å². The number of amides is 1. The molecule has 7 heteroatoms. The van der Waals surface area contributed by atoms with Crippen LogP contribution in [0, 0.1) is 0 Å². The second-order valence-electron chi connectivity index (χ2n) is 9.49. The molecule has 1 aliphatic carbocycles. The number of aromatic nitrogens is 4. The number of hydrogen-bond donors (Lipinski definition) is 3. The molecule has 0 spiro atoms. The number of rotatable bonds is 7. The van der Waals surface area contributed by atoms with E-state index in [4.69, 9.17) is 5.73 Å². The molecule has 0 saturated heterocycles. The van der Waals surface area contributed by atoms with Gasteiger partial charge in [0.15, 0.2) is 0 Å². The smallest absolute Gasteiger partial charge is 0.255 e. The summed E-state index contributed by atoms with van der Waals surface area (Å²) in [6, 6.07) is 6.48. The molecule has 4 N–H and O–H groups in total. The molecule has 0 unspecified atom stereocenters. The van der Waals surface area contributed by atoms with Gasteiger partial charge in [-0.2, -0.15) is 5.10 Å². The van der Waals surface area contributed by atoms with Gasteiger partial charge in [-0.3, -0.25) is 4.79 Å². The minimum Gasteiger partial charge on any atom is -0.349 e. The van der Waals surface area contributed by atoms with Crippen molar-refractivity contribution in [3.8, 4) is 11.1 Å². The zero-order valence-electron chi connectivity index (χ0n) is 20.8. The van der Waals surface area contributed by atoms with Gasteiger partial charge in [0, 0.05) is 47.7 Å². The Morgan fingerprint density at radius 1 is 1.22 bits per heavy atom. The molecular weight excluding hydrogens is 448 g/mol. The number of H-pyrrole nitrogens is 1. The van der Waals surface area contributed by atoms with Crippen LogP contribution in [0.25, 0.3) is 33.3 Å². The second kappa shape index (κ2) is 10.9. The normalized spacial score (nSPS) is 15.7. The summed E-state index contributed by atoms with van der Waals surface area (Å²) in [7, 11) is 0. The first-order valence-corrected chi connectivity index (χ1v) is 13.0. The summed E-state index contributed by atoms with van der Waals surface area (Å²) in [6.45, 7) is 2.61. The van der Waals surface area contributed by atoms with Crippen molar-refractivity contribution in [3.05, 3.63) is 72.3 Å². The van der Waals surface area contributed by atoms with E-state index in [0.717, 1.165) is 58.1 Å². The summed E-state index contributed by atoms with van der Waals surface area (Å²) < 4.78 is 1.77. The SMILES string of the molecule is CC/C=C(\C=C/CN)c1cnc2[nH]cc(-c3ccn4ncc(C(=O)NC5CCCCCC5)c4c3)c2c1. The lowest BCUT2D eigenvalue weighted by Crippen LogP contribution is -2.34. The molecule has 5 rings (SSSR count). The van der Waals surface area contributed by atoms with Crippen LogP contribution >= 0.6 is 0 Å². The molecule has 36 heavy (non-hydrogen) atoms. The van der Waals surface area contributed by atoms with E-state index in [2.05, 4.69) is 45.5 Å². The summed E-state index contributed by atoms with van der Waals surface area (Å²) in [5.74, 6) is -0.0436. The Morgan fingerprint density at radius 3 is 2.83 bits per heavy atom. The van der Waals surface area contributed by atoms with Crippen LogP contribution in [0.2, 0.25) is 0 Å². The predicted molar refractivity (Wildman–Crippen MR) is 146 cm³/mol. The zero-order chi connectivity index (χ0) is 24.9. The van der Waals surface area contributed by atoms with Gasteiger partial charge in [-0.05, 0) is 48.6 Å². The van der Waals surface area contributed by atoms with Crippen molar-refractivity contribution in [2.24, 2.45) is 5.73 Å². The maximum absolute atomic E-state index is 13.2. The van der Waals surface area contributed by atoms with E-state index >= 15 is 0 Å². The van der Waals surface area contributed by atoms with E-state index in [9.17, 15) is 4.79 Å². The van der Waals surface area contributed by atoms with Crippen LogP contribution in [0.4, 0.5) is 0 Å². The van der Waals surface area contributed by atoms with Crippen molar-refractivity contribution >= 4 is 28.0 Å². The first kappa shape index (κ1) is 24.0. The van der Waals surface area contributed by atoms with E-state index in [1.54, 1.807) is 10.7 Å². The van der Waals surface area contributed by atoms with Gasteiger partial charge in [0.2, 0.25) is 0 Å². The molecule has 0 radical (unpaired) electrons.